The molecule has 6 nitrogen and oxygen atoms in total. The van der Waals surface area contributed by atoms with E-state index in [2.05, 4.69) is 41.3 Å². The third-order valence-corrected chi connectivity index (χ3v) is 10.2. The predicted molar refractivity (Wildman–Crippen MR) is 178 cm³/mol. The second-order valence-corrected chi connectivity index (χ2v) is 13.5. The Hall–Kier alpha value is -3.10. The molecule has 3 fully saturated rings. The highest BCUT2D eigenvalue weighted by Crippen LogP contribution is 2.39. The molecule has 0 N–H and O–H groups in total. The Labute approximate surface area is 273 Å². The van der Waals surface area contributed by atoms with Gasteiger partial charge in [0, 0.05) is 45.1 Å². The molecule has 3 aromatic rings. The molecule has 2 saturated heterocycles. The smallest absolute Gasteiger partial charge is 0.209 e. The Morgan fingerprint density at radius 1 is 0.717 bits per heavy atom. The molecule has 46 heavy (non-hydrogen) atoms. The third-order valence-electron chi connectivity index (χ3n) is 10.2. The summed E-state index contributed by atoms with van der Waals surface area (Å²) in [4.78, 5) is 16.1. The average Bonchev–Trinajstić information content (AvgIpc) is 3.11. The van der Waals surface area contributed by atoms with E-state index in [1.54, 1.807) is 0 Å². The molecule has 1 saturated carbocycles. The van der Waals surface area contributed by atoms with Gasteiger partial charge < -0.3 is 19.1 Å². The summed E-state index contributed by atoms with van der Waals surface area (Å²) in [6.45, 7) is 3.19. The first-order valence-corrected chi connectivity index (χ1v) is 17.2. The van der Waals surface area contributed by atoms with Crippen molar-refractivity contribution in [2.45, 2.75) is 94.8 Å². The van der Waals surface area contributed by atoms with E-state index in [9.17, 15) is 4.79 Å². The number of carbonyl (C=O) groups excluding carboxylic acids is 1. The highest BCUT2D eigenvalue weighted by Gasteiger charge is 2.47. The van der Waals surface area contributed by atoms with Gasteiger partial charge in [0.15, 0.2) is 0 Å². The molecule has 0 bridgehead atoms. The van der Waals surface area contributed by atoms with Crippen LogP contribution in [0.4, 0.5) is 4.39 Å². The lowest BCUT2D eigenvalue weighted by molar-refractivity contribution is -0.189. The Morgan fingerprint density at radius 3 is 1.72 bits per heavy atom. The van der Waals surface area contributed by atoms with Gasteiger partial charge in [0.2, 0.25) is 6.41 Å². The minimum atomic E-state index is -1.38. The van der Waals surface area contributed by atoms with Crippen LogP contribution < -0.4 is 0 Å². The zero-order valence-electron chi connectivity index (χ0n) is 26.9. The van der Waals surface area contributed by atoms with Gasteiger partial charge >= 0.3 is 0 Å². The standard InChI is InChI=1S/C39H49FN2O4/c40-39(21-22-42(30-43)35(23-39)34-19-11-4-12-20-34)29-41-24-36(44-26-31-13-5-1-6-14-31)38(46-28-33-17-9-3-10-18-33)37(25-41)45-27-32-15-7-2-8-16-32/h1-3,5-10,13-18,30,34-38H,4,11-12,19-29H2. The molecule has 4 unspecified atom stereocenters. The Morgan fingerprint density at radius 2 is 1.22 bits per heavy atom. The summed E-state index contributed by atoms with van der Waals surface area (Å²) in [6.07, 6.45) is 6.49. The Bertz CT molecular complexity index is 1270. The molecule has 4 atom stereocenters. The summed E-state index contributed by atoms with van der Waals surface area (Å²) in [6, 6.07) is 30.5. The van der Waals surface area contributed by atoms with E-state index in [4.69, 9.17) is 14.2 Å². The van der Waals surface area contributed by atoms with E-state index in [0.29, 0.717) is 64.8 Å². The largest absolute Gasteiger partial charge is 0.369 e. The number of rotatable bonds is 13. The lowest BCUT2D eigenvalue weighted by Gasteiger charge is -2.49. The van der Waals surface area contributed by atoms with Crippen molar-refractivity contribution >= 4 is 6.41 Å². The van der Waals surface area contributed by atoms with Crippen LogP contribution in [-0.2, 0) is 38.8 Å². The fourth-order valence-corrected chi connectivity index (χ4v) is 7.71. The Balaban J connectivity index is 1.21. The van der Waals surface area contributed by atoms with Crippen molar-refractivity contribution in [1.82, 2.24) is 9.80 Å². The molecular formula is C39H49FN2O4. The molecule has 3 aliphatic rings. The molecule has 2 heterocycles. The van der Waals surface area contributed by atoms with Crippen molar-refractivity contribution in [3.8, 4) is 0 Å². The summed E-state index contributed by atoms with van der Waals surface area (Å²) in [7, 11) is 0. The van der Waals surface area contributed by atoms with Crippen LogP contribution in [0.1, 0.15) is 61.6 Å². The van der Waals surface area contributed by atoms with Crippen molar-refractivity contribution < 1.29 is 23.4 Å². The van der Waals surface area contributed by atoms with Crippen LogP contribution in [0, 0.1) is 5.92 Å². The average molecular weight is 629 g/mol. The van der Waals surface area contributed by atoms with Crippen LogP contribution in [0.2, 0.25) is 0 Å². The first kappa shape index (κ1) is 32.8. The maximum Gasteiger partial charge on any atom is 0.209 e. The van der Waals surface area contributed by atoms with Crippen molar-refractivity contribution in [2.24, 2.45) is 5.92 Å². The van der Waals surface area contributed by atoms with E-state index < -0.39 is 5.67 Å². The van der Waals surface area contributed by atoms with Crippen LogP contribution in [0.5, 0.6) is 0 Å². The molecule has 2 aliphatic heterocycles. The lowest BCUT2D eigenvalue weighted by atomic mass is 9.76. The SMILES string of the molecule is O=CN1CCC(F)(CN2CC(OCc3ccccc3)C(OCc3ccccc3)C(OCc3ccccc3)C2)CC1C1CCCCC1. The van der Waals surface area contributed by atoms with E-state index in [0.717, 1.165) is 35.9 Å². The quantitative estimate of drug-likeness (QED) is 0.192. The molecule has 6 rings (SSSR count). The molecule has 246 valence electrons. The normalized spacial score (nSPS) is 27.8. The zero-order chi connectivity index (χ0) is 31.6. The third kappa shape index (κ3) is 8.82. The molecular weight excluding hydrogens is 579 g/mol. The number of halogens is 1. The van der Waals surface area contributed by atoms with Crippen LogP contribution in [0.3, 0.4) is 0 Å². The summed E-state index contributed by atoms with van der Waals surface area (Å²) < 4.78 is 36.9. The number of nitrogens with zero attached hydrogens (tertiary/aromatic N) is 2. The van der Waals surface area contributed by atoms with E-state index in [-0.39, 0.29) is 24.4 Å². The first-order chi connectivity index (χ1) is 22.6. The topological polar surface area (TPSA) is 51.2 Å². The number of likely N-dealkylation sites (tertiary alicyclic amines) is 2. The highest BCUT2D eigenvalue weighted by molar-refractivity contribution is 5.48. The van der Waals surface area contributed by atoms with Gasteiger partial charge in [-0.05, 0) is 35.4 Å². The maximum absolute atomic E-state index is 17.0. The van der Waals surface area contributed by atoms with Gasteiger partial charge in [-0.15, -0.1) is 0 Å². The van der Waals surface area contributed by atoms with Crippen molar-refractivity contribution in [1.29, 1.82) is 0 Å². The summed E-state index contributed by atoms with van der Waals surface area (Å²) in [5, 5.41) is 0. The number of piperidine rings is 2. The summed E-state index contributed by atoms with van der Waals surface area (Å²) in [5.74, 6) is 0.385. The van der Waals surface area contributed by atoms with Crippen LogP contribution >= 0.6 is 0 Å². The van der Waals surface area contributed by atoms with Crippen molar-refractivity contribution in [3.63, 3.8) is 0 Å². The molecule has 0 aromatic heterocycles. The van der Waals surface area contributed by atoms with E-state index in [1.807, 2.05) is 59.5 Å². The van der Waals surface area contributed by atoms with Gasteiger partial charge in [-0.1, -0.05) is 110 Å². The maximum atomic E-state index is 17.0. The second kappa shape index (κ2) is 16.1. The van der Waals surface area contributed by atoms with Gasteiger partial charge in [-0.25, -0.2) is 4.39 Å². The number of hydrogen-bond acceptors (Lipinski definition) is 5. The van der Waals surface area contributed by atoms with E-state index in [1.165, 1.54) is 19.3 Å². The molecule has 0 radical (unpaired) electrons. The highest BCUT2D eigenvalue weighted by atomic mass is 19.1. The monoisotopic (exact) mass is 628 g/mol. The van der Waals surface area contributed by atoms with Gasteiger partial charge in [0.05, 0.1) is 32.0 Å². The Kier molecular flexibility index (Phi) is 11.5. The van der Waals surface area contributed by atoms with Crippen molar-refractivity contribution in [3.05, 3.63) is 108 Å². The number of benzene rings is 3. The molecule has 0 spiro atoms. The zero-order valence-corrected chi connectivity index (χ0v) is 26.9. The molecule has 1 amide bonds. The summed E-state index contributed by atoms with van der Waals surface area (Å²) >= 11 is 0. The number of hydrogen-bond donors (Lipinski definition) is 0. The molecule has 3 aromatic carbocycles. The molecule has 7 heteroatoms. The fourth-order valence-electron chi connectivity index (χ4n) is 7.71. The number of alkyl halides is 1. The molecule has 1 aliphatic carbocycles. The first-order valence-electron chi connectivity index (χ1n) is 17.2. The van der Waals surface area contributed by atoms with Gasteiger partial charge in [0.25, 0.3) is 0 Å². The van der Waals surface area contributed by atoms with Crippen molar-refractivity contribution in [2.75, 3.05) is 26.2 Å². The summed E-state index contributed by atoms with van der Waals surface area (Å²) in [5.41, 5.74) is 1.88. The van der Waals surface area contributed by atoms with Gasteiger partial charge in [0.1, 0.15) is 11.8 Å². The van der Waals surface area contributed by atoms with Crippen LogP contribution in [0.25, 0.3) is 0 Å². The number of carbonyl (C=O) groups is 1. The number of ether oxygens (including phenoxy) is 3. The second-order valence-electron chi connectivity index (χ2n) is 13.5. The predicted octanol–water partition coefficient (Wildman–Crippen LogP) is 6.97. The number of amides is 1. The van der Waals surface area contributed by atoms with Crippen LogP contribution in [-0.4, -0.2) is 72.4 Å². The van der Waals surface area contributed by atoms with Crippen LogP contribution in [0.15, 0.2) is 91.0 Å². The minimum Gasteiger partial charge on any atom is -0.369 e. The lowest BCUT2D eigenvalue weighted by Crippen LogP contribution is -2.61. The minimum absolute atomic E-state index is 0.0291. The van der Waals surface area contributed by atoms with E-state index >= 15 is 4.39 Å². The van der Waals surface area contributed by atoms with Gasteiger partial charge in [-0.3, -0.25) is 9.69 Å². The van der Waals surface area contributed by atoms with Gasteiger partial charge in [-0.2, -0.15) is 0 Å². The fraction of sp³-hybridized carbons (Fsp3) is 0.513.